The van der Waals surface area contributed by atoms with Crippen LogP contribution in [0.4, 0.5) is 11.6 Å². The highest BCUT2D eigenvalue weighted by atomic mass is 16.5. The number of likely N-dealkylation sites (N-methyl/N-ethyl adjacent to an activating group) is 1. The van der Waals surface area contributed by atoms with Gasteiger partial charge in [-0.3, -0.25) is 10.1 Å². The molecule has 0 radical (unpaired) electrons. The number of methoxy groups -OCH3 is 1. The molecule has 32 heavy (non-hydrogen) atoms. The third-order valence-electron chi connectivity index (χ3n) is 5.64. The summed E-state index contributed by atoms with van der Waals surface area (Å²) >= 11 is 0. The van der Waals surface area contributed by atoms with E-state index < -0.39 is 0 Å². The van der Waals surface area contributed by atoms with E-state index in [1.165, 1.54) is 6.33 Å². The molecule has 3 aromatic rings. The minimum absolute atomic E-state index is 0.130. The molecular formula is C23H33N8O+. The van der Waals surface area contributed by atoms with Crippen LogP contribution in [0.1, 0.15) is 42.1 Å². The molecule has 1 atom stereocenters. The van der Waals surface area contributed by atoms with Crippen LogP contribution in [-0.4, -0.2) is 46.2 Å². The molecule has 1 aromatic carbocycles. The molecule has 0 fully saturated rings. The van der Waals surface area contributed by atoms with Gasteiger partial charge in [-0.2, -0.15) is 5.10 Å². The van der Waals surface area contributed by atoms with Gasteiger partial charge in [-0.25, -0.2) is 9.97 Å². The van der Waals surface area contributed by atoms with Crippen LogP contribution in [0.5, 0.6) is 5.75 Å². The highest BCUT2D eigenvalue weighted by molar-refractivity contribution is 6.02. The Labute approximate surface area is 188 Å². The normalized spacial score (nSPS) is 11.9. The molecule has 0 aliphatic carbocycles. The van der Waals surface area contributed by atoms with Crippen LogP contribution in [0.15, 0.2) is 24.8 Å². The van der Waals surface area contributed by atoms with E-state index in [1.54, 1.807) is 14.0 Å². The number of nitrogen functional groups attached to an aromatic ring is 1. The van der Waals surface area contributed by atoms with Crippen molar-refractivity contribution in [3.63, 3.8) is 0 Å². The lowest BCUT2D eigenvalue weighted by Gasteiger charge is -2.23. The largest absolute Gasteiger partial charge is 0.496 e. The molecule has 9 heteroatoms. The first-order valence-electron chi connectivity index (χ1n) is 10.6. The Hall–Kier alpha value is -3.46. The molecule has 0 bridgehead atoms. The van der Waals surface area contributed by atoms with Gasteiger partial charge in [0.1, 0.15) is 29.3 Å². The van der Waals surface area contributed by atoms with Crippen molar-refractivity contribution in [1.82, 2.24) is 25.1 Å². The van der Waals surface area contributed by atoms with Crippen LogP contribution >= 0.6 is 0 Å². The fraction of sp³-hybridized carbons (Fsp3) is 0.391. The molecule has 6 N–H and O–H groups in total. The summed E-state index contributed by atoms with van der Waals surface area (Å²) in [7, 11) is 3.63. The average molecular weight is 438 g/mol. The Morgan fingerprint density at radius 2 is 2.06 bits per heavy atom. The van der Waals surface area contributed by atoms with E-state index in [-0.39, 0.29) is 6.04 Å². The second-order valence-electron chi connectivity index (χ2n) is 7.94. The Bertz CT molecular complexity index is 1120. The van der Waals surface area contributed by atoms with Crippen LogP contribution in [0.2, 0.25) is 0 Å². The molecule has 0 saturated carbocycles. The number of nitrogens with two attached hydrogens (primary N) is 2. The van der Waals surface area contributed by atoms with E-state index in [0.717, 1.165) is 46.7 Å². The molecule has 1 unspecified atom stereocenters. The van der Waals surface area contributed by atoms with Gasteiger partial charge in [0, 0.05) is 36.4 Å². The van der Waals surface area contributed by atoms with E-state index in [9.17, 15) is 0 Å². The minimum Gasteiger partial charge on any atom is -0.496 e. The number of benzene rings is 1. The van der Waals surface area contributed by atoms with Gasteiger partial charge in [-0.05, 0) is 38.9 Å². The maximum Gasteiger partial charge on any atom is 0.184 e. The van der Waals surface area contributed by atoms with Crippen LogP contribution in [0.25, 0.3) is 11.1 Å². The molecule has 0 aliphatic rings. The van der Waals surface area contributed by atoms with Crippen molar-refractivity contribution in [2.75, 3.05) is 31.8 Å². The zero-order chi connectivity index (χ0) is 23.4. The summed E-state index contributed by atoms with van der Waals surface area (Å²) in [5.41, 5.74) is 12.6. The van der Waals surface area contributed by atoms with Gasteiger partial charge in [0.2, 0.25) is 0 Å². The number of hydrogen-bond acceptors (Lipinski definition) is 7. The number of aryl methyl sites for hydroxylation is 1. The number of ether oxygens (including phenoxy) is 1. The third kappa shape index (κ3) is 4.57. The lowest BCUT2D eigenvalue weighted by Crippen LogP contribution is -2.39. The molecule has 2 aromatic heterocycles. The number of rotatable bonds is 9. The van der Waals surface area contributed by atoms with Crippen molar-refractivity contribution in [3.8, 4) is 16.9 Å². The summed E-state index contributed by atoms with van der Waals surface area (Å²) in [6.07, 6.45) is 5.37. The number of hydrogen-bond donors (Lipinski definition) is 4. The van der Waals surface area contributed by atoms with Gasteiger partial charge in [-0.1, -0.05) is 6.07 Å². The number of anilines is 2. The maximum absolute atomic E-state index is 6.05. The number of aromatic nitrogens is 4. The predicted octanol–water partition coefficient (Wildman–Crippen LogP) is 1.51. The van der Waals surface area contributed by atoms with Crippen molar-refractivity contribution in [3.05, 3.63) is 47.0 Å². The average Bonchev–Trinajstić information content (AvgIpc) is 3.21. The first-order valence-corrected chi connectivity index (χ1v) is 10.6. The van der Waals surface area contributed by atoms with Gasteiger partial charge in [-0.15, -0.1) is 0 Å². The molecular weight excluding hydrogens is 404 g/mol. The Balaban J connectivity index is 2.05. The predicted molar refractivity (Wildman–Crippen MR) is 128 cm³/mol. The van der Waals surface area contributed by atoms with E-state index in [2.05, 4.69) is 58.7 Å². The van der Waals surface area contributed by atoms with Crippen LogP contribution in [0.3, 0.4) is 0 Å². The Kier molecular flexibility index (Phi) is 7.09. The number of nitrogens with one attached hydrogen (secondary N) is 2. The molecule has 0 saturated heterocycles. The smallest absolute Gasteiger partial charge is 0.184 e. The Morgan fingerprint density at radius 1 is 1.31 bits per heavy atom. The van der Waals surface area contributed by atoms with Gasteiger partial charge in [0.25, 0.3) is 0 Å². The van der Waals surface area contributed by atoms with Gasteiger partial charge in [0.05, 0.1) is 25.9 Å². The highest BCUT2D eigenvalue weighted by Gasteiger charge is 2.23. The standard InChI is InChI=1S/C23H32N8O/c1-13-9-18(16(4)30-23-20(15(3)24)22(25)27-12-28-23)21(32-6)19(14(13)2)17-10-29-31(11-17)8-7-26-5/h9-12,16,24,26H,7-8H2,1-6H3,(H3,25,27,28,30)/p+1. The molecule has 3 rings (SSSR count). The molecule has 0 amide bonds. The molecule has 0 aliphatic heterocycles. The third-order valence-corrected chi connectivity index (χ3v) is 5.64. The monoisotopic (exact) mass is 437 g/mol. The lowest BCUT2D eigenvalue weighted by atomic mass is 9.92. The quantitative estimate of drug-likeness (QED) is 0.374. The van der Waals surface area contributed by atoms with Gasteiger partial charge in [0.15, 0.2) is 5.71 Å². The highest BCUT2D eigenvalue weighted by Crippen LogP contribution is 2.41. The summed E-state index contributed by atoms with van der Waals surface area (Å²) in [6, 6.07) is 2.01. The summed E-state index contributed by atoms with van der Waals surface area (Å²) in [6.45, 7) is 9.69. The lowest BCUT2D eigenvalue weighted by molar-refractivity contribution is -0.113. The van der Waals surface area contributed by atoms with Crippen molar-refractivity contribution < 1.29 is 10.1 Å². The molecule has 9 nitrogen and oxygen atoms in total. The van der Waals surface area contributed by atoms with Gasteiger partial charge < -0.3 is 21.1 Å². The van der Waals surface area contributed by atoms with E-state index >= 15 is 0 Å². The summed E-state index contributed by atoms with van der Waals surface area (Å²) < 4.78 is 7.88. The van der Waals surface area contributed by atoms with Crippen molar-refractivity contribution in [2.45, 2.75) is 40.3 Å². The summed E-state index contributed by atoms with van der Waals surface area (Å²) in [5, 5.41) is 17.2. The first-order chi connectivity index (χ1) is 15.3. The van der Waals surface area contributed by atoms with Crippen LogP contribution in [0, 0.1) is 13.8 Å². The van der Waals surface area contributed by atoms with Crippen molar-refractivity contribution in [1.29, 1.82) is 0 Å². The molecule has 2 heterocycles. The molecule has 0 spiro atoms. The maximum atomic E-state index is 6.05. The topological polar surface area (TPSA) is 128 Å². The minimum atomic E-state index is -0.130. The van der Waals surface area contributed by atoms with Crippen molar-refractivity contribution in [2.24, 2.45) is 0 Å². The van der Waals surface area contributed by atoms with Crippen LogP contribution in [-0.2, 0) is 6.54 Å². The number of nitrogens with zero attached hydrogens (tertiary/aromatic N) is 4. The Morgan fingerprint density at radius 3 is 2.72 bits per heavy atom. The SMILES string of the molecule is CNCCn1cc(-c2c(C)c(C)cc(C(C)Nc3ncnc(N)c3C(C)=[NH2+])c2OC)cn1. The second-order valence-corrected chi connectivity index (χ2v) is 7.94. The second kappa shape index (κ2) is 9.78. The molecule has 170 valence electrons. The van der Waals surface area contributed by atoms with Crippen molar-refractivity contribution >= 4 is 17.3 Å². The summed E-state index contributed by atoms with van der Waals surface area (Å²) in [5.74, 6) is 1.74. The fourth-order valence-corrected chi connectivity index (χ4v) is 3.83. The van der Waals surface area contributed by atoms with E-state index in [0.29, 0.717) is 22.9 Å². The summed E-state index contributed by atoms with van der Waals surface area (Å²) in [4.78, 5) is 8.44. The van der Waals surface area contributed by atoms with E-state index in [1.807, 2.05) is 17.9 Å². The van der Waals surface area contributed by atoms with E-state index in [4.69, 9.17) is 15.9 Å². The zero-order valence-electron chi connectivity index (χ0n) is 19.7. The first kappa shape index (κ1) is 23.2. The zero-order valence-corrected chi connectivity index (χ0v) is 19.7. The fourth-order valence-electron chi connectivity index (χ4n) is 3.83. The van der Waals surface area contributed by atoms with Crippen LogP contribution < -0.4 is 26.5 Å². The van der Waals surface area contributed by atoms with Gasteiger partial charge >= 0.3 is 0 Å².